The van der Waals surface area contributed by atoms with Crippen LogP contribution < -0.4 is 5.32 Å². The number of benzene rings is 1. The zero-order valence-corrected chi connectivity index (χ0v) is 8.87. The van der Waals surface area contributed by atoms with Gasteiger partial charge in [0.05, 0.1) is 0 Å². The molecule has 1 saturated carbocycles. The van der Waals surface area contributed by atoms with Crippen molar-refractivity contribution in [1.82, 2.24) is 5.32 Å². The van der Waals surface area contributed by atoms with Crippen molar-refractivity contribution >= 4 is 0 Å². The monoisotopic (exact) mass is 189 g/mol. The van der Waals surface area contributed by atoms with Crippen LogP contribution in [0.15, 0.2) is 30.3 Å². The van der Waals surface area contributed by atoms with E-state index >= 15 is 0 Å². The van der Waals surface area contributed by atoms with E-state index in [1.54, 1.807) is 0 Å². The third-order valence-electron chi connectivity index (χ3n) is 3.03. The van der Waals surface area contributed by atoms with Gasteiger partial charge in [0, 0.05) is 6.54 Å². The molecule has 0 saturated heterocycles. The highest BCUT2D eigenvalue weighted by Crippen LogP contribution is 2.42. The number of nitrogens with one attached hydrogen (secondary N) is 1. The molecule has 1 heteroatoms. The Morgan fingerprint density at radius 3 is 2.57 bits per heavy atom. The third-order valence-corrected chi connectivity index (χ3v) is 3.03. The fourth-order valence-corrected chi connectivity index (χ4v) is 2.06. The van der Waals surface area contributed by atoms with Gasteiger partial charge in [-0.3, -0.25) is 0 Å². The van der Waals surface area contributed by atoms with Crippen molar-refractivity contribution in [2.45, 2.75) is 25.7 Å². The molecule has 0 bridgehead atoms. The first-order chi connectivity index (χ1) is 6.92. The Kier molecular flexibility index (Phi) is 3.20. The Morgan fingerprint density at radius 2 is 2.00 bits per heavy atom. The molecule has 1 aromatic rings. The average Bonchev–Trinajstić information content (AvgIpc) is 3.04. The summed E-state index contributed by atoms with van der Waals surface area (Å²) in [4.78, 5) is 0. The summed E-state index contributed by atoms with van der Waals surface area (Å²) in [5.74, 6) is 1.69. The van der Waals surface area contributed by atoms with Gasteiger partial charge < -0.3 is 5.32 Å². The van der Waals surface area contributed by atoms with Crippen molar-refractivity contribution in [2.75, 3.05) is 13.1 Å². The first-order valence-electron chi connectivity index (χ1n) is 5.67. The van der Waals surface area contributed by atoms with Gasteiger partial charge in [0.2, 0.25) is 0 Å². The predicted molar refractivity (Wildman–Crippen MR) is 60.5 cm³/mol. The maximum Gasteiger partial charge on any atom is 0.00227 e. The van der Waals surface area contributed by atoms with Gasteiger partial charge in [0.1, 0.15) is 0 Å². The number of hydrogen-bond donors (Lipinski definition) is 1. The summed E-state index contributed by atoms with van der Waals surface area (Å²) < 4.78 is 0. The van der Waals surface area contributed by atoms with Crippen LogP contribution in [0.3, 0.4) is 0 Å². The minimum atomic E-state index is 0.746. The van der Waals surface area contributed by atoms with Gasteiger partial charge in [-0.25, -0.2) is 0 Å². The van der Waals surface area contributed by atoms with Gasteiger partial charge in [-0.1, -0.05) is 37.3 Å². The highest BCUT2D eigenvalue weighted by molar-refractivity contribution is 5.22. The van der Waals surface area contributed by atoms with Crippen LogP contribution in [0.25, 0.3) is 0 Å². The molecule has 1 aliphatic carbocycles. The first kappa shape index (κ1) is 9.72. The van der Waals surface area contributed by atoms with Crippen molar-refractivity contribution in [3.05, 3.63) is 35.9 Å². The van der Waals surface area contributed by atoms with E-state index in [1.807, 2.05) is 0 Å². The summed E-state index contributed by atoms with van der Waals surface area (Å²) in [5.41, 5.74) is 1.51. The molecular formula is C13H19N. The van der Waals surface area contributed by atoms with Crippen LogP contribution in [-0.2, 0) is 0 Å². The molecule has 76 valence electrons. The second-order valence-corrected chi connectivity index (χ2v) is 4.16. The van der Waals surface area contributed by atoms with E-state index in [0.717, 1.165) is 24.9 Å². The Bertz CT molecular complexity index is 264. The van der Waals surface area contributed by atoms with Crippen LogP contribution in [0.5, 0.6) is 0 Å². The average molecular weight is 189 g/mol. The van der Waals surface area contributed by atoms with Crippen molar-refractivity contribution in [3.8, 4) is 0 Å². The topological polar surface area (TPSA) is 12.0 Å². The predicted octanol–water partition coefficient (Wildman–Crippen LogP) is 2.79. The van der Waals surface area contributed by atoms with Gasteiger partial charge in [-0.15, -0.1) is 0 Å². The van der Waals surface area contributed by atoms with Crippen molar-refractivity contribution in [1.29, 1.82) is 0 Å². The van der Waals surface area contributed by atoms with Gasteiger partial charge >= 0.3 is 0 Å². The molecule has 14 heavy (non-hydrogen) atoms. The standard InChI is InChI=1S/C13H19N/c1-2-14-10-13(12-8-9-12)11-6-4-3-5-7-11/h3-7,12-14H,2,8-10H2,1H3. The Morgan fingerprint density at radius 1 is 1.29 bits per heavy atom. The molecule has 0 amide bonds. The van der Waals surface area contributed by atoms with E-state index in [-0.39, 0.29) is 0 Å². The quantitative estimate of drug-likeness (QED) is 0.751. The second kappa shape index (κ2) is 4.61. The Labute approximate surface area is 86.5 Å². The Hall–Kier alpha value is -0.820. The molecule has 0 aromatic heterocycles. The SMILES string of the molecule is CCNCC(c1ccccc1)C1CC1. The van der Waals surface area contributed by atoms with Crippen LogP contribution in [-0.4, -0.2) is 13.1 Å². The number of likely N-dealkylation sites (N-methyl/N-ethyl adjacent to an activating group) is 1. The maximum absolute atomic E-state index is 3.47. The molecule has 2 rings (SSSR count). The summed E-state index contributed by atoms with van der Waals surface area (Å²) in [6.45, 7) is 4.40. The van der Waals surface area contributed by atoms with Crippen LogP contribution in [0.1, 0.15) is 31.2 Å². The minimum Gasteiger partial charge on any atom is -0.316 e. The van der Waals surface area contributed by atoms with Crippen LogP contribution in [0.4, 0.5) is 0 Å². The van der Waals surface area contributed by atoms with E-state index in [1.165, 1.54) is 18.4 Å². The third kappa shape index (κ3) is 2.36. The summed E-state index contributed by atoms with van der Waals surface area (Å²) in [6.07, 6.45) is 2.84. The van der Waals surface area contributed by atoms with Gasteiger partial charge in [0.15, 0.2) is 0 Å². The number of hydrogen-bond acceptors (Lipinski definition) is 1. The molecular weight excluding hydrogens is 170 g/mol. The first-order valence-corrected chi connectivity index (χ1v) is 5.67. The number of rotatable bonds is 5. The molecule has 1 atom stereocenters. The summed E-state index contributed by atoms with van der Waals surface area (Å²) in [6, 6.07) is 10.9. The normalized spacial score (nSPS) is 18.1. The van der Waals surface area contributed by atoms with E-state index in [2.05, 4.69) is 42.6 Å². The largest absolute Gasteiger partial charge is 0.316 e. The van der Waals surface area contributed by atoms with Crippen molar-refractivity contribution < 1.29 is 0 Å². The Balaban J connectivity index is 2.02. The lowest BCUT2D eigenvalue weighted by molar-refractivity contribution is 0.546. The van der Waals surface area contributed by atoms with Crippen LogP contribution in [0.2, 0.25) is 0 Å². The van der Waals surface area contributed by atoms with Crippen LogP contribution in [0, 0.1) is 5.92 Å². The van der Waals surface area contributed by atoms with E-state index in [4.69, 9.17) is 0 Å². The molecule has 0 radical (unpaired) electrons. The smallest absolute Gasteiger partial charge is 0.00227 e. The molecule has 1 N–H and O–H groups in total. The molecule has 0 spiro atoms. The lowest BCUT2D eigenvalue weighted by Gasteiger charge is -2.16. The molecule has 1 aromatic carbocycles. The highest BCUT2D eigenvalue weighted by atomic mass is 14.8. The van der Waals surface area contributed by atoms with E-state index < -0.39 is 0 Å². The molecule has 0 aliphatic heterocycles. The fourth-order valence-electron chi connectivity index (χ4n) is 2.06. The van der Waals surface area contributed by atoms with E-state index in [0.29, 0.717) is 0 Å². The van der Waals surface area contributed by atoms with E-state index in [9.17, 15) is 0 Å². The minimum absolute atomic E-state index is 0.746. The lowest BCUT2D eigenvalue weighted by Crippen LogP contribution is -2.22. The molecule has 1 fully saturated rings. The second-order valence-electron chi connectivity index (χ2n) is 4.16. The zero-order chi connectivity index (χ0) is 9.80. The molecule has 1 unspecified atom stereocenters. The van der Waals surface area contributed by atoms with Crippen LogP contribution >= 0.6 is 0 Å². The van der Waals surface area contributed by atoms with Gasteiger partial charge in [-0.05, 0) is 36.8 Å². The van der Waals surface area contributed by atoms with Crippen molar-refractivity contribution in [2.24, 2.45) is 5.92 Å². The maximum atomic E-state index is 3.47. The summed E-state index contributed by atoms with van der Waals surface area (Å²) in [5, 5.41) is 3.47. The zero-order valence-electron chi connectivity index (χ0n) is 8.87. The molecule has 1 nitrogen and oxygen atoms in total. The van der Waals surface area contributed by atoms with Gasteiger partial charge in [0.25, 0.3) is 0 Å². The summed E-state index contributed by atoms with van der Waals surface area (Å²) in [7, 11) is 0. The summed E-state index contributed by atoms with van der Waals surface area (Å²) >= 11 is 0. The molecule has 0 heterocycles. The molecule has 1 aliphatic rings. The van der Waals surface area contributed by atoms with Crippen molar-refractivity contribution in [3.63, 3.8) is 0 Å². The van der Waals surface area contributed by atoms with Gasteiger partial charge in [-0.2, -0.15) is 0 Å². The fraction of sp³-hybridized carbons (Fsp3) is 0.538. The highest BCUT2D eigenvalue weighted by Gasteiger charge is 2.31. The lowest BCUT2D eigenvalue weighted by atomic mass is 9.94.